The molecule has 0 aliphatic carbocycles. The van der Waals surface area contributed by atoms with E-state index in [1.54, 1.807) is 7.05 Å². The third-order valence-corrected chi connectivity index (χ3v) is 3.84. The Morgan fingerprint density at radius 2 is 2.05 bits per heavy atom. The zero-order chi connectivity index (χ0) is 15.4. The largest absolute Gasteiger partial charge is 0.465 e. The highest BCUT2D eigenvalue weighted by Gasteiger charge is 2.36. The Morgan fingerprint density at radius 1 is 1.38 bits per heavy atom. The van der Waals surface area contributed by atoms with Gasteiger partial charge in [0.05, 0.1) is 6.04 Å². The highest BCUT2D eigenvalue weighted by molar-refractivity contribution is 5.69. The monoisotopic (exact) mass is 292 g/mol. The predicted octanol–water partition coefficient (Wildman–Crippen LogP) is 2.40. The van der Waals surface area contributed by atoms with Crippen molar-refractivity contribution >= 4 is 12.2 Å². The van der Waals surface area contributed by atoms with Crippen LogP contribution in [-0.2, 0) is 11.3 Å². The summed E-state index contributed by atoms with van der Waals surface area (Å²) in [5, 5.41) is 9.07. The smallest absolute Gasteiger partial charge is 0.410 e. The summed E-state index contributed by atoms with van der Waals surface area (Å²) in [7, 11) is 1.65. The van der Waals surface area contributed by atoms with E-state index in [2.05, 4.69) is 0 Å². The number of amides is 2. The van der Waals surface area contributed by atoms with E-state index in [-0.39, 0.29) is 18.7 Å². The molecular formula is C15H20N2O4. The third-order valence-electron chi connectivity index (χ3n) is 3.84. The Balaban J connectivity index is 1.87. The number of carbonyl (C=O) groups is 2. The topological polar surface area (TPSA) is 70.1 Å². The quantitative estimate of drug-likeness (QED) is 0.928. The van der Waals surface area contributed by atoms with Gasteiger partial charge in [-0.25, -0.2) is 9.59 Å². The standard InChI is InChI=1S/C15H20N2O4/c1-11-8-13(9-17(11)14(18)19)16(2)15(20)21-10-12-6-4-3-5-7-12/h3-7,11,13H,8-10H2,1-2H3,(H,18,19)/t11-,13-/m1/s1. The number of benzene rings is 1. The second-order valence-electron chi connectivity index (χ2n) is 5.32. The van der Waals surface area contributed by atoms with E-state index in [1.807, 2.05) is 37.3 Å². The third kappa shape index (κ3) is 3.65. The van der Waals surface area contributed by atoms with Gasteiger partial charge >= 0.3 is 12.2 Å². The van der Waals surface area contributed by atoms with E-state index in [0.717, 1.165) is 5.56 Å². The Kier molecular flexibility index (Phi) is 4.67. The van der Waals surface area contributed by atoms with Crippen molar-refractivity contribution in [3.63, 3.8) is 0 Å². The summed E-state index contributed by atoms with van der Waals surface area (Å²) in [6, 6.07) is 9.22. The molecule has 114 valence electrons. The van der Waals surface area contributed by atoms with E-state index in [0.29, 0.717) is 13.0 Å². The van der Waals surface area contributed by atoms with E-state index in [9.17, 15) is 9.59 Å². The molecule has 1 saturated heterocycles. The summed E-state index contributed by atoms with van der Waals surface area (Å²) in [5.41, 5.74) is 0.922. The van der Waals surface area contributed by atoms with Crippen LogP contribution in [-0.4, -0.2) is 52.8 Å². The fourth-order valence-corrected chi connectivity index (χ4v) is 2.52. The van der Waals surface area contributed by atoms with Crippen molar-refractivity contribution in [2.75, 3.05) is 13.6 Å². The molecule has 1 aromatic carbocycles. The predicted molar refractivity (Wildman–Crippen MR) is 77.0 cm³/mol. The minimum atomic E-state index is -0.948. The van der Waals surface area contributed by atoms with Crippen LogP contribution in [0, 0.1) is 0 Å². The van der Waals surface area contributed by atoms with Gasteiger partial charge in [-0.05, 0) is 18.9 Å². The van der Waals surface area contributed by atoms with Gasteiger partial charge in [-0.15, -0.1) is 0 Å². The molecule has 6 nitrogen and oxygen atoms in total. The van der Waals surface area contributed by atoms with Crippen LogP contribution in [0.2, 0.25) is 0 Å². The van der Waals surface area contributed by atoms with Crippen LogP contribution < -0.4 is 0 Å². The van der Waals surface area contributed by atoms with Crippen molar-refractivity contribution in [2.45, 2.75) is 32.0 Å². The minimum absolute atomic E-state index is 0.0862. The number of hydrogen-bond acceptors (Lipinski definition) is 3. The molecule has 1 aliphatic rings. The number of likely N-dealkylation sites (tertiary alicyclic amines) is 1. The second kappa shape index (κ2) is 6.47. The molecule has 0 radical (unpaired) electrons. The van der Waals surface area contributed by atoms with Gasteiger partial charge in [0.15, 0.2) is 0 Å². The lowest BCUT2D eigenvalue weighted by Crippen LogP contribution is -2.40. The Bertz CT molecular complexity index is 506. The van der Waals surface area contributed by atoms with Crippen LogP contribution in [0.1, 0.15) is 18.9 Å². The molecule has 0 saturated carbocycles. The first kappa shape index (κ1) is 15.2. The van der Waals surface area contributed by atoms with E-state index < -0.39 is 12.2 Å². The van der Waals surface area contributed by atoms with Crippen LogP contribution in [0.25, 0.3) is 0 Å². The highest BCUT2D eigenvalue weighted by atomic mass is 16.6. The van der Waals surface area contributed by atoms with Crippen LogP contribution in [0.5, 0.6) is 0 Å². The molecule has 0 bridgehead atoms. The fourth-order valence-electron chi connectivity index (χ4n) is 2.52. The Hall–Kier alpha value is -2.24. The molecule has 0 aromatic heterocycles. The molecule has 2 amide bonds. The minimum Gasteiger partial charge on any atom is -0.465 e. The van der Waals surface area contributed by atoms with E-state index >= 15 is 0 Å². The summed E-state index contributed by atoms with van der Waals surface area (Å²) in [5.74, 6) is 0. The molecule has 2 atom stereocenters. The van der Waals surface area contributed by atoms with E-state index in [1.165, 1.54) is 9.80 Å². The number of hydrogen-bond donors (Lipinski definition) is 1. The first-order valence-electron chi connectivity index (χ1n) is 6.92. The van der Waals surface area contributed by atoms with Crippen molar-refractivity contribution in [1.82, 2.24) is 9.80 Å². The number of nitrogens with zero attached hydrogens (tertiary/aromatic N) is 2. The van der Waals surface area contributed by atoms with Crippen molar-refractivity contribution < 1.29 is 19.4 Å². The van der Waals surface area contributed by atoms with Crippen molar-refractivity contribution in [3.05, 3.63) is 35.9 Å². The van der Waals surface area contributed by atoms with Crippen molar-refractivity contribution in [3.8, 4) is 0 Å². The number of ether oxygens (including phenoxy) is 1. The zero-order valence-electron chi connectivity index (χ0n) is 12.2. The molecule has 1 heterocycles. The average molecular weight is 292 g/mol. The first-order valence-corrected chi connectivity index (χ1v) is 6.92. The maximum Gasteiger partial charge on any atom is 0.410 e. The molecule has 1 fully saturated rings. The molecule has 1 aliphatic heterocycles. The highest BCUT2D eigenvalue weighted by Crippen LogP contribution is 2.21. The number of rotatable bonds is 3. The van der Waals surface area contributed by atoms with Gasteiger partial charge in [0.25, 0.3) is 0 Å². The summed E-state index contributed by atoms with van der Waals surface area (Å²) in [6.07, 6.45) is -0.747. The van der Waals surface area contributed by atoms with Gasteiger partial charge in [0.1, 0.15) is 6.61 Å². The second-order valence-corrected chi connectivity index (χ2v) is 5.32. The maximum atomic E-state index is 12.0. The van der Waals surface area contributed by atoms with Crippen LogP contribution >= 0.6 is 0 Å². The summed E-state index contributed by atoms with van der Waals surface area (Å²) in [4.78, 5) is 25.9. The van der Waals surface area contributed by atoms with Gasteiger partial charge in [-0.2, -0.15) is 0 Å². The van der Waals surface area contributed by atoms with Gasteiger partial charge in [-0.3, -0.25) is 0 Å². The zero-order valence-corrected chi connectivity index (χ0v) is 12.2. The molecule has 1 aromatic rings. The summed E-state index contributed by atoms with van der Waals surface area (Å²) in [6.45, 7) is 2.39. The molecule has 6 heteroatoms. The Morgan fingerprint density at radius 3 is 2.62 bits per heavy atom. The lowest BCUT2D eigenvalue weighted by atomic mass is 10.2. The molecular weight excluding hydrogens is 272 g/mol. The molecule has 0 spiro atoms. The van der Waals surface area contributed by atoms with Crippen LogP contribution in [0.4, 0.5) is 9.59 Å². The molecule has 2 rings (SSSR count). The lowest BCUT2D eigenvalue weighted by Gasteiger charge is -2.23. The van der Waals surface area contributed by atoms with Crippen LogP contribution in [0.3, 0.4) is 0 Å². The molecule has 0 unspecified atom stereocenters. The number of likely N-dealkylation sites (N-methyl/N-ethyl adjacent to an activating group) is 1. The number of carbonyl (C=O) groups excluding carboxylic acids is 1. The maximum absolute atomic E-state index is 12.0. The molecule has 21 heavy (non-hydrogen) atoms. The van der Waals surface area contributed by atoms with Crippen molar-refractivity contribution in [2.24, 2.45) is 0 Å². The van der Waals surface area contributed by atoms with Crippen molar-refractivity contribution in [1.29, 1.82) is 0 Å². The molecule has 1 N–H and O–H groups in total. The Labute approximate surface area is 123 Å². The summed E-state index contributed by atoms with van der Waals surface area (Å²) < 4.78 is 5.25. The van der Waals surface area contributed by atoms with Gasteiger partial charge in [0.2, 0.25) is 0 Å². The fraction of sp³-hybridized carbons (Fsp3) is 0.467. The lowest BCUT2D eigenvalue weighted by molar-refractivity contribution is 0.0908. The normalized spacial score (nSPS) is 21.1. The van der Waals surface area contributed by atoms with Gasteiger partial charge < -0.3 is 19.6 Å². The number of carboxylic acid groups (broad SMARTS) is 1. The van der Waals surface area contributed by atoms with E-state index in [4.69, 9.17) is 9.84 Å². The average Bonchev–Trinajstić information content (AvgIpc) is 2.87. The summed E-state index contributed by atoms with van der Waals surface area (Å²) >= 11 is 0. The van der Waals surface area contributed by atoms with Gasteiger partial charge in [-0.1, -0.05) is 30.3 Å². The van der Waals surface area contributed by atoms with Gasteiger partial charge in [0, 0.05) is 19.6 Å². The SMILES string of the molecule is C[C@@H]1C[C@@H](N(C)C(=O)OCc2ccccc2)CN1C(=O)O. The first-order chi connectivity index (χ1) is 9.99. The van der Waals surface area contributed by atoms with Crippen LogP contribution in [0.15, 0.2) is 30.3 Å².